The van der Waals surface area contributed by atoms with E-state index < -0.39 is 5.92 Å². The van der Waals surface area contributed by atoms with Crippen LogP contribution in [0.25, 0.3) is 0 Å². The maximum atomic E-state index is 13.7. The molecule has 4 heteroatoms. The normalized spacial score (nSPS) is 24.8. The Morgan fingerprint density at radius 3 is 2.67 bits per heavy atom. The first kappa shape index (κ1) is 13.4. The molecule has 0 aliphatic heterocycles. The van der Waals surface area contributed by atoms with Crippen molar-refractivity contribution in [1.29, 1.82) is 0 Å². The van der Waals surface area contributed by atoms with Gasteiger partial charge in [0, 0.05) is 24.4 Å². The van der Waals surface area contributed by atoms with Crippen LogP contribution in [0.2, 0.25) is 0 Å². The molecule has 100 valence electrons. The highest BCUT2D eigenvalue weighted by molar-refractivity contribution is 5.22. The van der Waals surface area contributed by atoms with E-state index in [1.54, 1.807) is 25.2 Å². The van der Waals surface area contributed by atoms with Crippen LogP contribution in [0.3, 0.4) is 0 Å². The molecule has 0 aromatic heterocycles. The van der Waals surface area contributed by atoms with Crippen molar-refractivity contribution in [3.63, 3.8) is 0 Å². The smallest absolute Gasteiger partial charge is 0.248 e. The zero-order chi connectivity index (χ0) is 13.2. The number of halogens is 3. The van der Waals surface area contributed by atoms with E-state index in [2.05, 4.69) is 5.32 Å². The Bertz CT molecular complexity index is 406. The van der Waals surface area contributed by atoms with Crippen molar-refractivity contribution < 1.29 is 13.2 Å². The van der Waals surface area contributed by atoms with Crippen LogP contribution in [-0.2, 0) is 0 Å². The molecule has 0 bridgehead atoms. The van der Waals surface area contributed by atoms with Crippen LogP contribution in [0, 0.1) is 11.7 Å². The monoisotopic (exact) mass is 257 g/mol. The minimum absolute atomic E-state index is 0.0444. The molecule has 18 heavy (non-hydrogen) atoms. The van der Waals surface area contributed by atoms with E-state index in [4.69, 9.17) is 0 Å². The van der Waals surface area contributed by atoms with E-state index in [1.807, 2.05) is 0 Å². The zero-order valence-corrected chi connectivity index (χ0v) is 10.4. The van der Waals surface area contributed by atoms with Gasteiger partial charge in [0.1, 0.15) is 5.82 Å². The molecule has 0 heterocycles. The summed E-state index contributed by atoms with van der Waals surface area (Å²) in [6.45, 7) is 0. The van der Waals surface area contributed by atoms with Gasteiger partial charge >= 0.3 is 0 Å². The molecule has 1 aliphatic carbocycles. The molecule has 1 fully saturated rings. The molecule has 0 amide bonds. The van der Waals surface area contributed by atoms with Gasteiger partial charge in [-0.2, -0.15) is 0 Å². The largest absolute Gasteiger partial charge is 0.313 e. The topological polar surface area (TPSA) is 12.0 Å². The molecular formula is C14H18F3N. The minimum atomic E-state index is -2.61. The third-order valence-corrected chi connectivity index (χ3v) is 3.70. The molecule has 2 unspecified atom stereocenters. The summed E-state index contributed by atoms with van der Waals surface area (Å²) in [5.74, 6) is -3.15. The van der Waals surface area contributed by atoms with Crippen LogP contribution < -0.4 is 5.32 Å². The number of benzene rings is 1. The predicted octanol–water partition coefficient (Wildman–Crippen LogP) is 3.91. The maximum absolute atomic E-state index is 13.7. The second kappa shape index (κ2) is 5.31. The Balaban J connectivity index is 2.21. The Morgan fingerprint density at radius 1 is 1.33 bits per heavy atom. The lowest BCUT2D eigenvalue weighted by atomic mass is 9.79. The summed E-state index contributed by atoms with van der Waals surface area (Å²) in [4.78, 5) is 0. The molecule has 2 atom stereocenters. The van der Waals surface area contributed by atoms with Crippen LogP contribution in [0.1, 0.15) is 37.3 Å². The Morgan fingerprint density at radius 2 is 2.06 bits per heavy atom. The van der Waals surface area contributed by atoms with Crippen molar-refractivity contribution >= 4 is 0 Å². The van der Waals surface area contributed by atoms with Crippen molar-refractivity contribution in [3.05, 3.63) is 35.6 Å². The minimum Gasteiger partial charge on any atom is -0.313 e. The SMILES string of the molecule is CNC(c1ccccc1F)C1CCCC(F)(F)C1. The summed E-state index contributed by atoms with van der Waals surface area (Å²) >= 11 is 0. The summed E-state index contributed by atoms with van der Waals surface area (Å²) in [5.41, 5.74) is 0.489. The average molecular weight is 257 g/mol. The van der Waals surface area contributed by atoms with Gasteiger partial charge in [-0.25, -0.2) is 13.2 Å². The third kappa shape index (κ3) is 2.86. The second-order valence-electron chi connectivity index (χ2n) is 5.00. The van der Waals surface area contributed by atoms with Gasteiger partial charge in [0.2, 0.25) is 5.92 Å². The molecule has 1 saturated carbocycles. The predicted molar refractivity (Wildman–Crippen MR) is 65.1 cm³/mol. The Labute approximate surface area is 105 Å². The van der Waals surface area contributed by atoms with Crippen molar-refractivity contribution in [2.75, 3.05) is 7.05 Å². The van der Waals surface area contributed by atoms with E-state index >= 15 is 0 Å². The highest BCUT2D eigenvalue weighted by atomic mass is 19.3. The number of nitrogens with one attached hydrogen (secondary N) is 1. The lowest BCUT2D eigenvalue weighted by Crippen LogP contribution is -2.34. The van der Waals surface area contributed by atoms with Gasteiger partial charge in [-0.15, -0.1) is 0 Å². The Kier molecular flexibility index (Phi) is 3.95. The zero-order valence-electron chi connectivity index (χ0n) is 10.4. The van der Waals surface area contributed by atoms with Crippen molar-refractivity contribution in [1.82, 2.24) is 5.32 Å². The average Bonchev–Trinajstić information content (AvgIpc) is 2.31. The number of hydrogen-bond donors (Lipinski definition) is 1. The summed E-state index contributed by atoms with van der Waals surface area (Å²) in [5, 5.41) is 2.99. The van der Waals surface area contributed by atoms with E-state index in [-0.39, 0.29) is 30.6 Å². The van der Waals surface area contributed by atoms with E-state index in [9.17, 15) is 13.2 Å². The summed E-state index contributed by atoms with van der Waals surface area (Å²) in [6, 6.07) is 6.06. The van der Waals surface area contributed by atoms with Crippen molar-refractivity contribution in [2.45, 2.75) is 37.6 Å². The molecular weight excluding hydrogens is 239 g/mol. The van der Waals surface area contributed by atoms with Gasteiger partial charge < -0.3 is 5.32 Å². The molecule has 1 nitrogen and oxygen atoms in total. The quantitative estimate of drug-likeness (QED) is 0.865. The molecule has 1 aromatic carbocycles. The molecule has 0 radical (unpaired) electrons. The van der Waals surface area contributed by atoms with Crippen molar-refractivity contribution in [3.8, 4) is 0 Å². The van der Waals surface area contributed by atoms with Crippen LogP contribution >= 0.6 is 0 Å². The van der Waals surface area contributed by atoms with Gasteiger partial charge in [-0.05, 0) is 31.9 Å². The number of hydrogen-bond acceptors (Lipinski definition) is 1. The lowest BCUT2D eigenvalue weighted by molar-refractivity contribution is -0.0581. The highest BCUT2D eigenvalue weighted by Gasteiger charge is 2.39. The van der Waals surface area contributed by atoms with Gasteiger partial charge in [0.25, 0.3) is 0 Å². The van der Waals surface area contributed by atoms with Gasteiger partial charge in [-0.1, -0.05) is 18.2 Å². The van der Waals surface area contributed by atoms with Gasteiger partial charge in [0.05, 0.1) is 0 Å². The first-order chi connectivity index (χ1) is 8.53. The van der Waals surface area contributed by atoms with Crippen LogP contribution in [0.15, 0.2) is 24.3 Å². The molecule has 1 aromatic rings. The fraction of sp³-hybridized carbons (Fsp3) is 0.571. The maximum Gasteiger partial charge on any atom is 0.248 e. The fourth-order valence-electron chi connectivity index (χ4n) is 2.87. The number of rotatable bonds is 3. The summed E-state index contributed by atoms with van der Waals surface area (Å²) < 4.78 is 40.6. The number of alkyl halides is 2. The molecule has 2 rings (SSSR count). The van der Waals surface area contributed by atoms with Crippen molar-refractivity contribution in [2.24, 2.45) is 5.92 Å². The van der Waals surface area contributed by atoms with E-state index in [1.165, 1.54) is 6.07 Å². The second-order valence-corrected chi connectivity index (χ2v) is 5.00. The highest BCUT2D eigenvalue weighted by Crippen LogP contribution is 2.42. The fourth-order valence-corrected chi connectivity index (χ4v) is 2.87. The van der Waals surface area contributed by atoms with Crippen LogP contribution in [-0.4, -0.2) is 13.0 Å². The lowest BCUT2D eigenvalue weighted by Gasteiger charge is -2.34. The molecule has 1 N–H and O–H groups in total. The van der Waals surface area contributed by atoms with E-state index in [0.717, 1.165) is 6.42 Å². The summed E-state index contributed by atoms with van der Waals surface area (Å²) in [6.07, 6.45) is 1.02. The Hall–Kier alpha value is -1.03. The van der Waals surface area contributed by atoms with Crippen LogP contribution in [0.4, 0.5) is 13.2 Å². The molecule has 1 aliphatic rings. The first-order valence-electron chi connectivity index (χ1n) is 6.33. The molecule has 0 spiro atoms. The van der Waals surface area contributed by atoms with Crippen LogP contribution in [0.5, 0.6) is 0 Å². The summed E-state index contributed by atoms with van der Waals surface area (Å²) in [7, 11) is 1.70. The molecule has 0 saturated heterocycles. The van der Waals surface area contributed by atoms with E-state index in [0.29, 0.717) is 12.0 Å². The standard InChI is InChI=1S/C14H18F3N/c1-18-13(11-6-2-3-7-12(11)15)10-5-4-8-14(16,17)9-10/h2-3,6-7,10,13,18H,4-5,8-9H2,1H3. The third-order valence-electron chi connectivity index (χ3n) is 3.70. The first-order valence-corrected chi connectivity index (χ1v) is 6.33. The van der Waals surface area contributed by atoms with Gasteiger partial charge in [-0.3, -0.25) is 0 Å². The van der Waals surface area contributed by atoms with Gasteiger partial charge in [0.15, 0.2) is 0 Å².